The van der Waals surface area contributed by atoms with Crippen molar-refractivity contribution in [2.45, 2.75) is 32.9 Å². The van der Waals surface area contributed by atoms with Crippen molar-refractivity contribution in [1.82, 2.24) is 30.3 Å². The second-order valence-corrected chi connectivity index (χ2v) is 4.01. The van der Waals surface area contributed by atoms with Gasteiger partial charge in [-0.15, -0.1) is 0 Å². The Morgan fingerprint density at radius 2 is 2.22 bits per heavy atom. The van der Waals surface area contributed by atoms with E-state index in [0.717, 1.165) is 30.9 Å². The van der Waals surface area contributed by atoms with Crippen LogP contribution < -0.4 is 5.32 Å². The van der Waals surface area contributed by atoms with E-state index in [-0.39, 0.29) is 6.04 Å². The van der Waals surface area contributed by atoms with Crippen LogP contribution in [-0.2, 0) is 6.54 Å². The van der Waals surface area contributed by atoms with Gasteiger partial charge in [-0.25, -0.2) is 9.67 Å². The summed E-state index contributed by atoms with van der Waals surface area (Å²) in [5.41, 5.74) is 1.05. The molecule has 0 aromatic carbocycles. The SMILES string of the molecule is CCCn1ncnc1C(NCC)c1ccnnc1. The molecule has 2 rings (SSSR count). The van der Waals surface area contributed by atoms with E-state index in [4.69, 9.17) is 0 Å². The van der Waals surface area contributed by atoms with Gasteiger partial charge in [-0.1, -0.05) is 13.8 Å². The van der Waals surface area contributed by atoms with Gasteiger partial charge in [0, 0.05) is 12.7 Å². The summed E-state index contributed by atoms with van der Waals surface area (Å²) in [5.74, 6) is 0.923. The van der Waals surface area contributed by atoms with E-state index >= 15 is 0 Å². The Labute approximate surface area is 106 Å². The fourth-order valence-corrected chi connectivity index (χ4v) is 1.91. The fourth-order valence-electron chi connectivity index (χ4n) is 1.91. The van der Waals surface area contributed by atoms with Gasteiger partial charge < -0.3 is 5.32 Å². The van der Waals surface area contributed by atoms with Gasteiger partial charge in [0.1, 0.15) is 12.2 Å². The minimum Gasteiger partial charge on any atom is -0.304 e. The molecule has 2 aromatic rings. The van der Waals surface area contributed by atoms with E-state index in [1.54, 1.807) is 18.7 Å². The molecular formula is C12H18N6. The average molecular weight is 246 g/mol. The van der Waals surface area contributed by atoms with E-state index in [0.29, 0.717) is 0 Å². The molecule has 0 radical (unpaired) electrons. The van der Waals surface area contributed by atoms with Crippen LogP contribution in [0.3, 0.4) is 0 Å². The molecule has 1 atom stereocenters. The lowest BCUT2D eigenvalue weighted by atomic mass is 10.1. The summed E-state index contributed by atoms with van der Waals surface area (Å²) in [7, 11) is 0. The highest BCUT2D eigenvalue weighted by atomic mass is 15.3. The van der Waals surface area contributed by atoms with Crippen LogP contribution in [0.15, 0.2) is 24.8 Å². The first kappa shape index (κ1) is 12.6. The van der Waals surface area contributed by atoms with Crippen LogP contribution in [0.5, 0.6) is 0 Å². The molecule has 0 aliphatic rings. The van der Waals surface area contributed by atoms with E-state index in [1.807, 2.05) is 10.7 Å². The first-order valence-corrected chi connectivity index (χ1v) is 6.24. The first-order chi connectivity index (χ1) is 8.86. The molecule has 0 aliphatic heterocycles. The predicted octanol–water partition coefficient (Wildman–Crippen LogP) is 1.18. The van der Waals surface area contributed by atoms with Crippen molar-refractivity contribution in [3.8, 4) is 0 Å². The summed E-state index contributed by atoms with van der Waals surface area (Å²) in [6, 6.07) is 1.96. The maximum absolute atomic E-state index is 4.37. The molecule has 2 heterocycles. The summed E-state index contributed by atoms with van der Waals surface area (Å²) in [5, 5.41) is 15.4. The number of aromatic nitrogens is 5. The van der Waals surface area contributed by atoms with Crippen molar-refractivity contribution in [1.29, 1.82) is 0 Å². The molecule has 1 N–H and O–H groups in total. The van der Waals surface area contributed by atoms with E-state index in [9.17, 15) is 0 Å². The monoisotopic (exact) mass is 246 g/mol. The minimum atomic E-state index is 0.0135. The second kappa shape index (κ2) is 6.20. The highest BCUT2D eigenvalue weighted by molar-refractivity contribution is 5.19. The van der Waals surface area contributed by atoms with E-state index < -0.39 is 0 Å². The fraction of sp³-hybridized carbons (Fsp3) is 0.500. The summed E-state index contributed by atoms with van der Waals surface area (Å²) < 4.78 is 1.94. The van der Waals surface area contributed by atoms with Crippen LogP contribution in [0, 0.1) is 0 Å². The normalized spacial score (nSPS) is 12.6. The molecule has 96 valence electrons. The Hall–Kier alpha value is -1.82. The summed E-state index contributed by atoms with van der Waals surface area (Å²) >= 11 is 0. The molecule has 0 bridgehead atoms. The number of hydrogen-bond acceptors (Lipinski definition) is 5. The van der Waals surface area contributed by atoms with Gasteiger partial charge in [0.15, 0.2) is 0 Å². The molecule has 0 amide bonds. The molecule has 0 saturated heterocycles. The van der Waals surface area contributed by atoms with Crippen LogP contribution in [0.2, 0.25) is 0 Å². The first-order valence-electron chi connectivity index (χ1n) is 6.24. The zero-order chi connectivity index (χ0) is 12.8. The van der Waals surface area contributed by atoms with Crippen molar-refractivity contribution >= 4 is 0 Å². The third-order valence-corrected chi connectivity index (χ3v) is 2.69. The molecule has 0 saturated carbocycles. The maximum Gasteiger partial charge on any atom is 0.148 e. The van der Waals surface area contributed by atoms with Crippen molar-refractivity contribution in [2.24, 2.45) is 0 Å². The number of nitrogens with one attached hydrogen (secondary N) is 1. The van der Waals surface area contributed by atoms with Gasteiger partial charge in [-0.3, -0.25) is 0 Å². The van der Waals surface area contributed by atoms with Gasteiger partial charge in [0.25, 0.3) is 0 Å². The van der Waals surface area contributed by atoms with Gasteiger partial charge in [0.2, 0.25) is 0 Å². The standard InChI is InChI=1S/C12H18N6/c1-3-7-18-12(14-9-17-18)11(13-4-2)10-5-6-15-16-8-10/h5-6,8-9,11,13H,3-4,7H2,1-2H3. The Morgan fingerprint density at radius 3 is 2.89 bits per heavy atom. The molecule has 18 heavy (non-hydrogen) atoms. The van der Waals surface area contributed by atoms with Gasteiger partial charge in [-0.2, -0.15) is 15.3 Å². The smallest absolute Gasteiger partial charge is 0.148 e. The highest BCUT2D eigenvalue weighted by Gasteiger charge is 2.19. The second-order valence-electron chi connectivity index (χ2n) is 4.01. The Balaban J connectivity index is 2.32. The Morgan fingerprint density at radius 1 is 1.33 bits per heavy atom. The number of aryl methyl sites for hydroxylation is 1. The number of rotatable bonds is 6. The maximum atomic E-state index is 4.37. The predicted molar refractivity (Wildman–Crippen MR) is 67.9 cm³/mol. The van der Waals surface area contributed by atoms with Gasteiger partial charge in [0.05, 0.1) is 12.2 Å². The lowest BCUT2D eigenvalue weighted by Crippen LogP contribution is -2.26. The molecule has 6 heteroatoms. The molecule has 6 nitrogen and oxygen atoms in total. The summed E-state index contributed by atoms with van der Waals surface area (Å²) in [6.07, 6.45) is 6.09. The number of hydrogen-bond donors (Lipinski definition) is 1. The van der Waals surface area contributed by atoms with E-state index in [2.05, 4.69) is 39.4 Å². The third kappa shape index (κ3) is 2.70. The number of nitrogens with zero attached hydrogens (tertiary/aromatic N) is 5. The molecule has 1 unspecified atom stereocenters. The van der Waals surface area contributed by atoms with Crippen molar-refractivity contribution in [3.63, 3.8) is 0 Å². The zero-order valence-corrected chi connectivity index (χ0v) is 10.7. The van der Waals surface area contributed by atoms with Crippen molar-refractivity contribution in [2.75, 3.05) is 6.54 Å². The van der Waals surface area contributed by atoms with Crippen molar-refractivity contribution < 1.29 is 0 Å². The summed E-state index contributed by atoms with van der Waals surface area (Å²) in [4.78, 5) is 4.37. The van der Waals surface area contributed by atoms with Crippen LogP contribution in [-0.4, -0.2) is 31.5 Å². The summed E-state index contributed by atoms with van der Waals surface area (Å²) in [6.45, 7) is 5.92. The van der Waals surface area contributed by atoms with Crippen LogP contribution in [0.1, 0.15) is 37.7 Å². The van der Waals surface area contributed by atoms with Crippen molar-refractivity contribution in [3.05, 3.63) is 36.2 Å². The topological polar surface area (TPSA) is 68.5 Å². The third-order valence-electron chi connectivity index (χ3n) is 2.69. The van der Waals surface area contributed by atoms with Crippen LogP contribution >= 0.6 is 0 Å². The van der Waals surface area contributed by atoms with E-state index in [1.165, 1.54) is 0 Å². The zero-order valence-electron chi connectivity index (χ0n) is 10.7. The Kier molecular flexibility index (Phi) is 4.35. The molecular weight excluding hydrogens is 228 g/mol. The quantitative estimate of drug-likeness (QED) is 0.828. The lowest BCUT2D eigenvalue weighted by Gasteiger charge is -2.17. The van der Waals surface area contributed by atoms with Crippen LogP contribution in [0.25, 0.3) is 0 Å². The molecule has 2 aromatic heterocycles. The lowest BCUT2D eigenvalue weighted by molar-refractivity contribution is 0.509. The van der Waals surface area contributed by atoms with Crippen LogP contribution in [0.4, 0.5) is 0 Å². The largest absolute Gasteiger partial charge is 0.304 e. The van der Waals surface area contributed by atoms with Gasteiger partial charge >= 0.3 is 0 Å². The van der Waals surface area contributed by atoms with Gasteiger partial charge in [-0.05, 0) is 24.6 Å². The molecule has 0 fully saturated rings. The molecule has 0 aliphatic carbocycles. The minimum absolute atomic E-state index is 0.0135. The molecule has 0 spiro atoms. The Bertz CT molecular complexity index is 466. The average Bonchev–Trinajstić information content (AvgIpc) is 2.85. The highest BCUT2D eigenvalue weighted by Crippen LogP contribution is 2.18.